The zero-order valence-electron chi connectivity index (χ0n) is 16.0. The first-order valence-corrected chi connectivity index (χ1v) is 10.6. The van der Waals surface area contributed by atoms with Crippen molar-refractivity contribution in [2.24, 2.45) is 0 Å². The first kappa shape index (κ1) is 20.9. The van der Waals surface area contributed by atoms with E-state index < -0.39 is 15.8 Å². The average molecular weight is 392 g/mol. The van der Waals surface area contributed by atoms with Gasteiger partial charge in [-0.15, -0.1) is 0 Å². The van der Waals surface area contributed by atoms with Gasteiger partial charge in [0, 0.05) is 18.7 Å². The Morgan fingerprint density at radius 3 is 2.33 bits per heavy atom. The minimum atomic E-state index is -3.57. The van der Waals surface area contributed by atoms with Gasteiger partial charge in [0.25, 0.3) is 0 Å². The molecule has 0 aromatic heterocycles. The van der Waals surface area contributed by atoms with Crippen molar-refractivity contribution in [2.45, 2.75) is 33.1 Å². The third kappa shape index (κ3) is 5.53. The number of halogens is 1. The molecule has 0 aliphatic carbocycles. The van der Waals surface area contributed by atoms with E-state index in [0.717, 1.165) is 17.4 Å². The first-order valence-electron chi connectivity index (χ1n) is 8.72. The van der Waals surface area contributed by atoms with E-state index in [1.807, 2.05) is 39.0 Å². The normalized spacial score (nSPS) is 11.5. The molecule has 0 saturated carbocycles. The Bertz CT molecular complexity index is 909. The Hall–Kier alpha value is -2.41. The zero-order chi connectivity index (χ0) is 20.2. The van der Waals surface area contributed by atoms with Crippen LogP contribution in [-0.4, -0.2) is 27.1 Å². The summed E-state index contributed by atoms with van der Waals surface area (Å²) in [6.07, 6.45) is 1.12. The summed E-state index contributed by atoms with van der Waals surface area (Å²) in [5.74, 6) is -0.593. The van der Waals surface area contributed by atoms with E-state index in [-0.39, 0.29) is 24.8 Å². The van der Waals surface area contributed by atoms with Crippen molar-refractivity contribution in [1.82, 2.24) is 0 Å². The molecule has 1 N–H and O–H groups in total. The Labute approximate surface area is 160 Å². The highest BCUT2D eigenvalue weighted by Gasteiger charge is 2.24. The predicted molar refractivity (Wildman–Crippen MR) is 107 cm³/mol. The van der Waals surface area contributed by atoms with Gasteiger partial charge in [0.2, 0.25) is 15.9 Å². The summed E-state index contributed by atoms with van der Waals surface area (Å²) in [5, 5.41) is 2.65. The molecule has 0 aliphatic heterocycles. The lowest BCUT2D eigenvalue weighted by Gasteiger charge is -2.28. The summed E-state index contributed by atoms with van der Waals surface area (Å²) in [6.45, 7) is 5.88. The standard InChI is InChI=1S/C20H25FN2O3S/c1-14(2)18-7-5-6-15(3)20(18)23(27(4,25)26)13-12-19(24)22-17-10-8-16(21)9-11-17/h5-11,14H,12-13H2,1-4H3,(H,22,24). The minimum Gasteiger partial charge on any atom is -0.326 e. The predicted octanol–water partition coefficient (Wildman–Crippen LogP) is 4.05. The number of sulfonamides is 1. The average Bonchev–Trinajstić information content (AvgIpc) is 2.57. The number of nitrogens with one attached hydrogen (secondary N) is 1. The summed E-state index contributed by atoms with van der Waals surface area (Å²) in [5.41, 5.74) is 2.85. The quantitative estimate of drug-likeness (QED) is 0.773. The lowest BCUT2D eigenvalue weighted by molar-refractivity contribution is -0.116. The van der Waals surface area contributed by atoms with Gasteiger partial charge in [0.15, 0.2) is 0 Å². The smallest absolute Gasteiger partial charge is 0.232 e. The maximum atomic E-state index is 13.0. The van der Waals surface area contributed by atoms with E-state index in [1.165, 1.54) is 28.6 Å². The molecule has 0 radical (unpaired) electrons. The van der Waals surface area contributed by atoms with E-state index in [9.17, 15) is 17.6 Å². The number of rotatable bonds is 7. The van der Waals surface area contributed by atoms with Crippen molar-refractivity contribution in [2.75, 3.05) is 22.4 Å². The lowest BCUT2D eigenvalue weighted by Crippen LogP contribution is -2.34. The molecule has 0 unspecified atom stereocenters. The molecule has 2 aromatic carbocycles. The van der Waals surface area contributed by atoms with Crippen LogP contribution in [0.3, 0.4) is 0 Å². The van der Waals surface area contributed by atoms with Crippen LogP contribution >= 0.6 is 0 Å². The van der Waals surface area contributed by atoms with Gasteiger partial charge in [-0.2, -0.15) is 0 Å². The highest BCUT2D eigenvalue weighted by atomic mass is 32.2. The summed E-state index contributed by atoms with van der Waals surface area (Å²) < 4.78 is 39.1. The highest BCUT2D eigenvalue weighted by molar-refractivity contribution is 7.92. The molecule has 0 bridgehead atoms. The SMILES string of the molecule is Cc1cccc(C(C)C)c1N(CCC(=O)Nc1ccc(F)cc1)S(C)(=O)=O. The van der Waals surface area contributed by atoms with Crippen molar-refractivity contribution < 1.29 is 17.6 Å². The molecule has 0 spiro atoms. The van der Waals surface area contributed by atoms with E-state index in [2.05, 4.69) is 5.32 Å². The summed E-state index contributed by atoms with van der Waals surface area (Å²) >= 11 is 0. The van der Waals surface area contributed by atoms with Crippen LogP contribution in [0.2, 0.25) is 0 Å². The lowest BCUT2D eigenvalue weighted by atomic mass is 9.98. The second-order valence-electron chi connectivity index (χ2n) is 6.81. The van der Waals surface area contributed by atoms with E-state index in [4.69, 9.17) is 0 Å². The van der Waals surface area contributed by atoms with Crippen LogP contribution in [0.4, 0.5) is 15.8 Å². The van der Waals surface area contributed by atoms with Crippen LogP contribution < -0.4 is 9.62 Å². The fourth-order valence-corrected chi connectivity index (χ4v) is 3.90. The number of amides is 1. The van der Waals surface area contributed by atoms with Crippen LogP contribution in [0.5, 0.6) is 0 Å². The minimum absolute atomic E-state index is 0.0175. The van der Waals surface area contributed by atoms with Crippen LogP contribution in [-0.2, 0) is 14.8 Å². The Morgan fingerprint density at radius 1 is 1.15 bits per heavy atom. The summed E-state index contributed by atoms with van der Waals surface area (Å²) in [7, 11) is -3.57. The molecule has 2 rings (SSSR count). The molecule has 0 aliphatic rings. The van der Waals surface area contributed by atoms with E-state index in [1.54, 1.807) is 0 Å². The maximum absolute atomic E-state index is 13.0. The topological polar surface area (TPSA) is 66.5 Å². The fourth-order valence-electron chi connectivity index (χ4n) is 2.89. The molecule has 5 nitrogen and oxygen atoms in total. The second kappa shape index (κ2) is 8.52. The molecular weight excluding hydrogens is 367 g/mol. The molecule has 0 saturated heterocycles. The van der Waals surface area contributed by atoms with Gasteiger partial charge in [-0.1, -0.05) is 32.0 Å². The zero-order valence-corrected chi connectivity index (χ0v) is 16.8. The van der Waals surface area contributed by atoms with Crippen molar-refractivity contribution in [3.8, 4) is 0 Å². The number of para-hydroxylation sites is 1. The summed E-state index contributed by atoms with van der Waals surface area (Å²) in [6, 6.07) is 11.1. The molecule has 1 amide bonds. The van der Waals surface area contributed by atoms with Crippen LogP contribution in [0, 0.1) is 12.7 Å². The number of hydrogen-bond donors (Lipinski definition) is 1. The van der Waals surface area contributed by atoms with Gasteiger partial charge < -0.3 is 5.32 Å². The molecule has 27 heavy (non-hydrogen) atoms. The molecule has 0 fully saturated rings. The summed E-state index contributed by atoms with van der Waals surface area (Å²) in [4.78, 5) is 12.2. The molecule has 7 heteroatoms. The number of hydrogen-bond acceptors (Lipinski definition) is 3. The van der Waals surface area contributed by atoms with Crippen LogP contribution in [0.1, 0.15) is 37.3 Å². The van der Waals surface area contributed by atoms with Crippen molar-refractivity contribution in [1.29, 1.82) is 0 Å². The molecular formula is C20H25FN2O3S. The third-order valence-corrected chi connectivity index (χ3v) is 5.38. The van der Waals surface area contributed by atoms with E-state index >= 15 is 0 Å². The fraction of sp³-hybridized carbons (Fsp3) is 0.350. The van der Waals surface area contributed by atoms with Gasteiger partial charge in [0.05, 0.1) is 11.9 Å². The first-order chi connectivity index (χ1) is 12.6. The van der Waals surface area contributed by atoms with Crippen molar-refractivity contribution in [3.63, 3.8) is 0 Å². The van der Waals surface area contributed by atoms with E-state index in [0.29, 0.717) is 11.4 Å². The van der Waals surface area contributed by atoms with Gasteiger partial charge in [0.1, 0.15) is 5.82 Å². The Kier molecular flexibility index (Phi) is 6.59. The maximum Gasteiger partial charge on any atom is 0.232 e. The third-order valence-electron chi connectivity index (χ3n) is 4.21. The number of nitrogens with zero attached hydrogens (tertiary/aromatic N) is 1. The Morgan fingerprint density at radius 2 is 1.78 bits per heavy atom. The van der Waals surface area contributed by atoms with Gasteiger partial charge >= 0.3 is 0 Å². The molecule has 0 atom stereocenters. The molecule has 0 heterocycles. The highest BCUT2D eigenvalue weighted by Crippen LogP contribution is 2.32. The number of aryl methyl sites for hydroxylation is 1. The number of benzene rings is 2. The largest absolute Gasteiger partial charge is 0.326 e. The molecule has 146 valence electrons. The van der Waals surface area contributed by atoms with Crippen LogP contribution in [0.15, 0.2) is 42.5 Å². The number of anilines is 2. The Balaban J connectivity index is 2.22. The van der Waals surface area contributed by atoms with Gasteiger partial charge in [-0.3, -0.25) is 9.10 Å². The van der Waals surface area contributed by atoms with Gasteiger partial charge in [-0.05, 0) is 48.2 Å². The van der Waals surface area contributed by atoms with Gasteiger partial charge in [-0.25, -0.2) is 12.8 Å². The van der Waals surface area contributed by atoms with Crippen molar-refractivity contribution in [3.05, 3.63) is 59.4 Å². The van der Waals surface area contributed by atoms with Crippen LogP contribution in [0.25, 0.3) is 0 Å². The number of carbonyl (C=O) groups is 1. The monoisotopic (exact) mass is 392 g/mol. The van der Waals surface area contributed by atoms with Crippen molar-refractivity contribution >= 4 is 27.3 Å². The second-order valence-corrected chi connectivity index (χ2v) is 8.71. The number of carbonyl (C=O) groups excluding carboxylic acids is 1. The molecule has 2 aromatic rings.